The van der Waals surface area contributed by atoms with Gasteiger partial charge in [0.2, 0.25) is 0 Å². The van der Waals surface area contributed by atoms with Gasteiger partial charge in [0.05, 0.1) is 12.3 Å². The highest BCUT2D eigenvalue weighted by atomic mass is 35.5. The summed E-state index contributed by atoms with van der Waals surface area (Å²) in [6.07, 6.45) is -0.0510. The van der Waals surface area contributed by atoms with Gasteiger partial charge >= 0.3 is 0 Å². The van der Waals surface area contributed by atoms with Crippen LogP contribution in [0.5, 0.6) is 11.5 Å². The summed E-state index contributed by atoms with van der Waals surface area (Å²) in [5.41, 5.74) is 1.55. The van der Waals surface area contributed by atoms with Crippen molar-refractivity contribution in [2.45, 2.75) is 33.3 Å². The molecule has 0 radical (unpaired) electrons. The average Bonchev–Trinajstić information content (AvgIpc) is 2.57. The molecule has 2 aromatic rings. The zero-order chi connectivity index (χ0) is 17.5. The number of carbonyl (C=O) groups is 1. The Morgan fingerprint density at radius 2 is 1.96 bits per heavy atom. The molecule has 0 aliphatic carbocycles. The Kier molecular flexibility index (Phi) is 6.50. The van der Waals surface area contributed by atoms with E-state index in [0.717, 1.165) is 5.56 Å². The summed E-state index contributed by atoms with van der Waals surface area (Å²) in [6, 6.07) is 12.7. The van der Waals surface area contributed by atoms with Crippen LogP contribution in [0.1, 0.15) is 25.8 Å². The molecule has 0 heterocycles. The molecule has 0 saturated carbocycles. The van der Waals surface area contributed by atoms with Crippen LogP contribution in [0.2, 0.25) is 5.02 Å². The Balaban J connectivity index is 2.10. The lowest BCUT2D eigenvalue weighted by atomic mass is 10.2. The van der Waals surface area contributed by atoms with Crippen LogP contribution in [-0.2, 0) is 4.79 Å². The third-order valence-electron chi connectivity index (χ3n) is 3.52. The zero-order valence-electron chi connectivity index (χ0n) is 14.1. The molecule has 0 unspecified atom stereocenters. The van der Waals surface area contributed by atoms with Gasteiger partial charge in [-0.15, -0.1) is 0 Å². The van der Waals surface area contributed by atoms with E-state index in [1.54, 1.807) is 12.1 Å². The van der Waals surface area contributed by atoms with Gasteiger partial charge in [0.1, 0.15) is 11.5 Å². The Morgan fingerprint density at radius 1 is 1.21 bits per heavy atom. The molecule has 2 aromatic carbocycles. The summed E-state index contributed by atoms with van der Waals surface area (Å²) in [7, 11) is 0. The maximum Gasteiger partial charge on any atom is 0.265 e. The molecule has 0 fully saturated rings. The lowest BCUT2D eigenvalue weighted by Gasteiger charge is -2.19. The van der Waals surface area contributed by atoms with Crippen molar-refractivity contribution in [3.63, 3.8) is 0 Å². The van der Waals surface area contributed by atoms with Crippen LogP contribution in [-0.4, -0.2) is 18.6 Å². The first-order valence-corrected chi connectivity index (χ1v) is 8.38. The fraction of sp³-hybridized carbons (Fsp3) is 0.316. The normalized spacial score (nSPS) is 11.7. The number of benzene rings is 2. The number of ether oxygens (including phenoxy) is 2. The van der Waals surface area contributed by atoms with Crippen molar-refractivity contribution in [3.8, 4) is 11.5 Å². The number of nitrogens with one attached hydrogen (secondary N) is 1. The molecule has 1 amide bonds. The quantitative estimate of drug-likeness (QED) is 0.779. The highest BCUT2D eigenvalue weighted by molar-refractivity contribution is 6.31. The number of hydrogen-bond donors (Lipinski definition) is 1. The summed E-state index contributed by atoms with van der Waals surface area (Å²) >= 11 is 6.02. The van der Waals surface area contributed by atoms with E-state index in [4.69, 9.17) is 21.1 Å². The van der Waals surface area contributed by atoms with Crippen molar-refractivity contribution in [2.24, 2.45) is 0 Å². The molecule has 5 heteroatoms. The van der Waals surface area contributed by atoms with Crippen LogP contribution in [0.3, 0.4) is 0 Å². The van der Waals surface area contributed by atoms with Gasteiger partial charge in [0.15, 0.2) is 6.10 Å². The molecule has 0 aliphatic heterocycles. The molecule has 0 aromatic heterocycles. The van der Waals surface area contributed by atoms with E-state index in [-0.39, 0.29) is 5.91 Å². The molecule has 0 spiro atoms. The molecule has 1 N–H and O–H groups in total. The van der Waals surface area contributed by atoms with Gasteiger partial charge < -0.3 is 14.8 Å². The van der Waals surface area contributed by atoms with E-state index >= 15 is 0 Å². The Hall–Kier alpha value is -2.20. The maximum absolute atomic E-state index is 12.5. The van der Waals surface area contributed by atoms with Gasteiger partial charge in [-0.2, -0.15) is 0 Å². The number of hydrogen-bond acceptors (Lipinski definition) is 3. The van der Waals surface area contributed by atoms with Crippen LogP contribution < -0.4 is 14.8 Å². The van der Waals surface area contributed by atoms with Gasteiger partial charge in [-0.05, 0) is 56.2 Å². The molecule has 2 rings (SSSR count). The summed E-state index contributed by atoms with van der Waals surface area (Å²) in [5.74, 6) is 1.06. The van der Waals surface area contributed by atoms with Crippen LogP contribution in [0.4, 0.5) is 5.69 Å². The van der Waals surface area contributed by atoms with Crippen molar-refractivity contribution in [2.75, 3.05) is 11.9 Å². The first-order chi connectivity index (χ1) is 11.5. The van der Waals surface area contributed by atoms with Crippen molar-refractivity contribution < 1.29 is 14.3 Å². The third-order valence-corrected chi connectivity index (χ3v) is 3.94. The lowest BCUT2D eigenvalue weighted by Crippen LogP contribution is -2.32. The molecule has 128 valence electrons. The largest absolute Gasteiger partial charge is 0.492 e. The smallest absolute Gasteiger partial charge is 0.265 e. The minimum atomic E-state index is -0.597. The summed E-state index contributed by atoms with van der Waals surface area (Å²) in [4.78, 5) is 12.5. The fourth-order valence-electron chi connectivity index (χ4n) is 2.24. The van der Waals surface area contributed by atoms with E-state index in [1.807, 2.05) is 51.1 Å². The maximum atomic E-state index is 12.5. The SMILES string of the molecule is CCOc1ccccc1NC(=O)[C@@H](CC)Oc1ccc(Cl)c(C)c1. The molecule has 0 saturated heterocycles. The molecule has 0 bridgehead atoms. The second-order valence-electron chi connectivity index (χ2n) is 5.34. The minimum absolute atomic E-state index is 0.211. The summed E-state index contributed by atoms with van der Waals surface area (Å²) in [5, 5.41) is 3.55. The number of anilines is 1. The van der Waals surface area contributed by atoms with Crippen LogP contribution >= 0.6 is 11.6 Å². The van der Waals surface area contributed by atoms with E-state index in [0.29, 0.717) is 35.2 Å². The standard InChI is InChI=1S/C19H22ClNO3/c1-4-17(24-14-10-11-15(20)13(3)12-14)19(22)21-16-8-6-7-9-18(16)23-5-2/h6-12,17H,4-5H2,1-3H3,(H,21,22)/t17-/m1/s1. The molecule has 1 atom stereocenters. The third kappa shape index (κ3) is 4.65. The number of para-hydroxylation sites is 2. The zero-order valence-corrected chi connectivity index (χ0v) is 14.9. The second kappa shape index (κ2) is 8.60. The predicted octanol–water partition coefficient (Wildman–Crippen LogP) is 4.84. The highest BCUT2D eigenvalue weighted by Crippen LogP contribution is 2.25. The minimum Gasteiger partial charge on any atom is -0.492 e. The molecule has 0 aliphatic rings. The first-order valence-electron chi connectivity index (χ1n) is 8.00. The van der Waals surface area contributed by atoms with Gasteiger partial charge in [0, 0.05) is 5.02 Å². The number of halogens is 1. The van der Waals surface area contributed by atoms with Gasteiger partial charge in [0.25, 0.3) is 5.91 Å². The van der Waals surface area contributed by atoms with Crippen LogP contribution in [0.25, 0.3) is 0 Å². The number of rotatable bonds is 7. The summed E-state index contributed by atoms with van der Waals surface area (Å²) < 4.78 is 11.4. The Bertz CT molecular complexity index is 703. The number of amides is 1. The highest BCUT2D eigenvalue weighted by Gasteiger charge is 2.20. The van der Waals surface area contributed by atoms with Crippen molar-refractivity contribution in [1.29, 1.82) is 0 Å². The lowest BCUT2D eigenvalue weighted by molar-refractivity contribution is -0.122. The number of aryl methyl sites for hydroxylation is 1. The van der Waals surface area contributed by atoms with E-state index in [9.17, 15) is 4.79 Å². The van der Waals surface area contributed by atoms with E-state index in [1.165, 1.54) is 0 Å². The van der Waals surface area contributed by atoms with Crippen molar-refractivity contribution in [3.05, 3.63) is 53.1 Å². The molecular formula is C19H22ClNO3. The molecule has 24 heavy (non-hydrogen) atoms. The Morgan fingerprint density at radius 3 is 2.62 bits per heavy atom. The Labute approximate surface area is 147 Å². The second-order valence-corrected chi connectivity index (χ2v) is 5.75. The van der Waals surface area contributed by atoms with Crippen LogP contribution in [0.15, 0.2) is 42.5 Å². The van der Waals surface area contributed by atoms with E-state index in [2.05, 4.69) is 5.32 Å². The topological polar surface area (TPSA) is 47.6 Å². The number of carbonyl (C=O) groups excluding carboxylic acids is 1. The summed E-state index contributed by atoms with van der Waals surface area (Å²) in [6.45, 7) is 6.24. The van der Waals surface area contributed by atoms with Crippen molar-refractivity contribution >= 4 is 23.2 Å². The fourth-order valence-corrected chi connectivity index (χ4v) is 2.36. The van der Waals surface area contributed by atoms with E-state index < -0.39 is 6.10 Å². The first kappa shape index (κ1) is 18.1. The monoisotopic (exact) mass is 347 g/mol. The average molecular weight is 348 g/mol. The van der Waals surface area contributed by atoms with Gasteiger partial charge in [-0.25, -0.2) is 0 Å². The predicted molar refractivity (Wildman–Crippen MR) is 97.1 cm³/mol. The van der Waals surface area contributed by atoms with Crippen molar-refractivity contribution in [1.82, 2.24) is 0 Å². The van der Waals surface area contributed by atoms with Gasteiger partial charge in [-0.1, -0.05) is 30.7 Å². The van der Waals surface area contributed by atoms with Crippen LogP contribution in [0, 0.1) is 6.92 Å². The molecular weight excluding hydrogens is 326 g/mol. The van der Waals surface area contributed by atoms with Gasteiger partial charge in [-0.3, -0.25) is 4.79 Å². The molecule has 4 nitrogen and oxygen atoms in total.